The third-order valence-electron chi connectivity index (χ3n) is 3.88. The van der Waals surface area contributed by atoms with Crippen LogP contribution in [0.5, 0.6) is 0 Å². The molecule has 24 heavy (non-hydrogen) atoms. The summed E-state index contributed by atoms with van der Waals surface area (Å²) in [7, 11) is -4.78. The van der Waals surface area contributed by atoms with Crippen LogP contribution in [-0.2, 0) is 17.2 Å². The van der Waals surface area contributed by atoms with Crippen LogP contribution in [0.1, 0.15) is 23.3 Å². The fourth-order valence-corrected chi connectivity index (χ4v) is 4.88. The van der Waals surface area contributed by atoms with Gasteiger partial charge in [0.15, 0.2) is 0 Å². The molecule has 12 heteroatoms. The number of halogens is 4. The van der Waals surface area contributed by atoms with Gasteiger partial charge in [0.1, 0.15) is 5.78 Å². The number of hydrogen-bond acceptors (Lipinski definition) is 3. The lowest BCUT2D eigenvalue weighted by Gasteiger charge is -2.29. The van der Waals surface area contributed by atoms with Crippen LogP contribution in [0.4, 0.5) is 13.2 Å². The first kappa shape index (κ1) is 17.6. The van der Waals surface area contributed by atoms with Crippen molar-refractivity contribution in [2.45, 2.75) is 24.8 Å². The van der Waals surface area contributed by atoms with Gasteiger partial charge in [-0.15, -0.1) is 0 Å². The molecule has 2 heterocycles. The summed E-state index contributed by atoms with van der Waals surface area (Å²) in [5.41, 5.74) is -3.62. The van der Waals surface area contributed by atoms with E-state index in [-0.39, 0.29) is 33.0 Å². The normalized spacial score (nSPS) is 18.2. The van der Waals surface area contributed by atoms with Gasteiger partial charge in [0.2, 0.25) is 0 Å². The zero-order chi connectivity index (χ0) is 18.0. The van der Waals surface area contributed by atoms with Gasteiger partial charge in [-0.1, -0.05) is 0 Å². The first-order valence-corrected chi connectivity index (χ1v) is 9.31. The van der Waals surface area contributed by atoms with E-state index in [1.54, 1.807) is 0 Å². The SMILES string of the molecule is O=c1[nH]c2cc(C(F)(F)F)c(I)c3c2n(c1=O)C(P(=O)(O)O)CC3. The Morgan fingerprint density at radius 3 is 2.50 bits per heavy atom. The summed E-state index contributed by atoms with van der Waals surface area (Å²) in [6.07, 6.45) is -4.97. The lowest BCUT2D eigenvalue weighted by molar-refractivity contribution is -0.138. The van der Waals surface area contributed by atoms with Crippen molar-refractivity contribution >= 4 is 41.2 Å². The third kappa shape index (κ3) is 2.63. The Bertz CT molecular complexity index is 1020. The van der Waals surface area contributed by atoms with Crippen LogP contribution in [0.3, 0.4) is 0 Å². The molecule has 3 rings (SSSR count). The van der Waals surface area contributed by atoms with Crippen molar-refractivity contribution in [2.24, 2.45) is 0 Å². The number of aromatic nitrogens is 2. The maximum absolute atomic E-state index is 13.2. The lowest BCUT2D eigenvalue weighted by atomic mass is 10.00. The molecule has 1 aliphatic rings. The number of aromatic amines is 1. The van der Waals surface area contributed by atoms with Gasteiger partial charge in [-0.05, 0) is 47.1 Å². The molecule has 1 atom stereocenters. The fraction of sp³-hybridized carbons (Fsp3) is 0.333. The number of alkyl halides is 3. The third-order valence-corrected chi connectivity index (χ3v) is 6.38. The smallest absolute Gasteiger partial charge is 0.323 e. The quantitative estimate of drug-likeness (QED) is 0.331. The van der Waals surface area contributed by atoms with Gasteiger partial charge < -0.3 is 14.8 Å². The Hall–Kier alpha value is -1.17. The minimum atomic E-state index is -4.78. The first-order valence-electron chi connectivity index (χ1n) is 6.55. The van der Waals surface area contributed by atoms with Crippen LogP contribution in [0.25, 0.3) is 11.0 Å². The van der Waals surface area contributed by atoms with Gasteiger partial charge in [-0.2, -0.15) is 13.2 Å². The summed E-state index contributed by atoms with van der Waals surface area (Å²) in [4.78, 5) is 44.8. The van der Waals surface area contributed by atoms with Crippen LogP contribution in [0.15, 0.2) is 15.7 Å². The summed E-state index contributed by atoms with van der Waals surface area (Å²) in [6.45, 7) is 0. The number of hydrogen-bond donors (Lipinski definition) is 3. The van der Waals surface area contributed by atoms with Crippen LogP contribution in [0.2, 0.25) is 0 Å². The molecule has 0 fully saturated rings. The Morgan fingerprint density at radius 2 is 1.96 bits per heavy atom. The molecule has 0 aliphatic carbocycles. The van der Waals surface area contributed by atoms with Crippen molar-refractivity contribution in [3.8, 4) is 0 Å². The number of aryl methyl sites for hydroxylation is 1. The van der Waals surface area contributed by atoms with Gasteiger partial charge in [0, 0.05) is 3.57 Å². The minimum absolute atomic E-state index is 0.0556. The molecule has 3 N–H and O–H groups in total. The molecule has 0 bridgehead atoms. The van der Waals surface area contributed by atoms with E-state index < -0.39 is 36.2 Å². The number of nitrogens with one attached hydrogen (secondary N) is 1. The van der Waals surface area contributed by atoms with Crippen molar-refractivity contribution in [3.05, 3.63) is 41.5 Å². The molecule has 0 amide bonds. The first-order chi connectivity index (χ1) is 10.9. The number of rotatable bonds is 1. The van der Waals surface area contributed by atoms with E-state index in [4.69, 9.17) is 0 Å². The van der Waals surface area contributed by atoms with Gasteiger partial charge >= 0.3 is 24.9 Å². The molecule has 1 aromatic heterocycles. The summed E-state index contributed by atoms with van der Waals surface area (Å²) >= 11 is 1.49. The number of H-pyrrole nitrogens is 1. The van der Waals surface area contributed by atoms with E-state index in [0.717, 1.165) is 0 Å². The number of benzene rings is 1. The van der Waals surface area contributed by atoms with E-state index in [0.29, 0.717) is 10.6 Å². The van der Waals surface area contributed by atoms with Gasteiger partial charge in [-0.3, -0.25) is 18.7 Å². The van der Waals surface area contributed by atoms with Crippen molar-refractivity contribution in [3.63, 3.8) is 0 Å². The minimum Gasteiger partial charge on any atom is -0.323 e. The Balaban J connectivity index is 2.53. The maximum atomic E-state index is 13.2. The molecular formula is C12H9F3IN2O5P. The van der Waals surface area contributed by atoms with E-state index in [9.17, 15) is 37.1 Å². The Kier molecular flexibility index (Phi) is 3.98. The highest BCUT2D eigenvalue weighted by atomic mass is 127. The zero-order valence-electron chi connectivity index (χ0n) is 11.6. The highest BCUT2D eigenvalue weighted by Gasteiger charge is 2.40. The van der Waals surface area contributed by atoms with Gasteiger partial charge in [0.05, 0.1) is 16.6 Å². The molecule has 0 saturated carbocycles. The molecule has 0 radical (unpaired) electrons. The molecule has 0 spiro atoms. The van der Waals surface area contributed by atoms with Crippen molar-refractivity contribution < 1.29 is 27.5 Å². The van der Waals surface area contributed by atoms with Crippen LogP contribution in [-0.4, -0.2) is 19.3 Å². The van der Waals surface area contributed by atoms with E-state index in [1.807, 2.05) is 0 Å². The lowest BCUT2D eigenvalue weighted by Crippen LogP contribution is -2.40. The topological polar surface area (TPSA) is 112 Å². The fourth-order valence-electron chi connectivity index (χ4n) is 2.90. The molecule has 1 aromatic carbocycles. The summed E-state index contributed by atoms with van der Waals surface area (Å²) < 4.78 is 51.6. The van der Waals surface area contributed by atoms with Crippen LogP contribution in [0, 0.1) is 3.57 Å². The van der Waals surface area contributed by atoms with Crippen molar-refractivity contribution in [2.75, 3.05) is 0 Å². The Morgan fingerprint density at radius 1 is 1.33 bits per heavy atom. The van der Waals surface area contributed by atoms with Crippen LogP contribution >= 0.6 is 30.2 Å². The second kappa shape index (κ2) is 5.41. The van der Waals surface area contributed by atoms with E-state index in [1.165, 1.54) is 22.6 Å². The second-order valence-electron chi connectivity index (χ2n) is 5.35. The number of nitrogens with zero attached hydrogens (tertiary/aromatic N) is 1. The molecule has 1 aliphatic heterocycles. The molecular weight excluding hydrogens is 467 g/mol. The van der Waals surface area contributed by atoms with Crippen LogP contribution < -0.4 is 11.1 Å². The zero-order valence-corrected chi connectivity index (χ0v) is 14.6. The average molecular weight is 476 g/mol. The van der Waals surface area contributed by atoms with E-state index in [2.05, 4.69) is 4.98 Å². The highest BCUT2D eigenvalue weighted by Crippen LogP contribution is 2.53. The molecule has 0 saturated heterocycles. The maximum Gasteiger partial charge on any atom is 0.417 e. The molecule has 130 valence electrons. The second-order valence-corrected chi connectivity index (χ2v) is 8.20. The highest BCUT2D eigenvalue weighted by molar-refractivity contribution is 14.1. The molecule has 1 unspecified atom stereocenters. The standard InChI is InChI=1S/C12H9F3IN2O5P/c13-12(14,15)5-3-6-9-4(8(5)16)1-2-7(24(21,22)23)18(9)11(20)10(19)17-6/h3,7H,1-2H2,(H,17,19)(H2,21,22,23). The summed E-state index contributed by atoms with van der Waals surface area (Å²) in [5, 5.41) is 0. The molecule has 7 nitrogen and oxygen atoms in total. The van der Waals surface area contributed by atoms with Crippen molar-refractivity contribution in [1.82, 2.24) is 9.55 Å². The Labute approximate surface area is 144 Å². The van der Waals surface area contributed by atoms with Gasteiger partial charge in [-0.25, -0.2) is 0 Å². The van der Waals surface area contributed by atoms with Gasteiger partial charge in [0.25, 0.3) is 0 Å². The van der Waals surface area contributed by atoms with Crippen molar-refractivity contribution in [1.29, 1.82) is 0 Å². The monoisotopic (exact) mass is 476 g/mol. The predicted molar refractivity (Wildman–Crippen MR) is 85.9 cm³/mol. The van der Waals surface area contributed by atoms with E-state index >= 15 is 0 Å². The predicted octanol–water partition coefficient (Wildman–Crippen LogP) is 1.94. The largest absolute Gasteiger partial charge is 0.417 e. The summed E-state index contributed by atoms with van der Waals surface area (Å²) in [6, 6.07) is 0.681. The average Bonchev–Trinajstić information content (AvgIpc) is 2.44. The molecule has 2 aromatic rings. The summed E-state index contributed by atoms with van der Waals surface area (Å²) in [5.74, 6) is -1.57.